The Bertz CT molecular complexity index is 342. The average Bonchev–Trinajstić information content (AvgIpc) is 2.17. The van der Waals surface area contributed by atoms with E-state index in [-0.39, 0.29) is 18.0 Å². The first-order valence-electron chi connectivity index (χ1n) is 4.38. The number of nitrogens with zero attached hydrogens (tertiary/aromatic N) is 1. The third-order valence-corrected chi connectivity index (χ3v) is 1.65. The molecule has 0 saturated carbocycles. The Kier molecular flexibility index (Phi) is 6.68. The van der Waals surface area contributed by atoms with Gasteiger partial charge in [-0.2, -0.15) is 0 Å². The zero-order valence-electron chi connectivity index (χ0n) is 8.55. The molecule has 0 aliphatic rings. The topological polar surface area (TPSA) is 94.7 Å². The van der Waals surface area contributed by atoms with Crippen LogP contribution in [-0.2, 0) is 11.3 Å². The highest BCUT2D eigenvalue weighted by atomic mass is 35.5. The molecule has 0 saturated heterocycles. The van der Waals surface area contributed by atoms with Crippen LogP contribution in [0.15, 0.2) is 10.9 Å². The lowest BCUT2D eigenvalue weighted by atomic mass is 10.4. The Morgan fingerprint density at radius 2 is 2.40 bits per heavy atom. The number of ether oxygens (including phenoxy) is 1. The molecule has 0 atom stereocenters. The fourth-order valence-corrected chi connectivity index (χ4v) is 0.991. The molecular weight excluding hydrogens is 220 g/mol. The van der Waals surface area contributed by atoms with Gasteiger partial charge in [-0.3, -0.25) is 9.78 Å². The van der Waals surface area contributed by atoms with E-state index in [0.29, 0.717) is 31.3 Å². The van der Waals surface area contributed by atoms with E-state index in [4.69, 9.17) is 4.74 Å². The van der Waals surface area contributed by atoms with Crippen LogP contribution in [0.1, 0.15) is 5.69 Å². The summed E-state index contributed by atoms with van der Waals surface area (Å²) in [7, 11) is 1.62. The normalized spacial score (nSPS) is 9.47. The number of aromatic amines is 1. The second-order valence-electron chi connectivity index (χ2n) is 2.75. The van der Waals surface area contributed by atoms with Gasteiger partial charge in [0.1, 0.15) is 12.2 Å². The Labute approximate surface area is 93.6 Å². The molecule has 6 nitrogen and oxygen atoms in total. The minimum atomic E-state index is -0.168. The molecule has 0 amide bonds. The molecule has 1 aromatic rings. The molecule has 0 unspecified atom stereocenters. The lowest BCUT2D eigenvalue weighted by molar-refractivity contribution is -0.387. The summed E-state index contributed by atoms with van der Waals surface area (Å²) >= 11 is 0. The number of nitrogens with one attached hydrogen (secondary N) is 2. The van der Waals surface area contributed by atoms with Crippen LogP contribution in [0.2, 0.25) is 0 Å². The molecular formula is C8H15ClN4O2. The molecule has 86 valence electrons. The fraction of sp³-hybridized carbons (Fsp3) is 0.500. The standard InChI is InChI=1S/C8H14N4O2.ClH/c1-14-3-2-10-8-11-6(5-9)4-7(13)12-8;/h4H,2-3,5,9H2,1H3,(H2,10,11,12,13);1H. The van der Waals surface area contributed by atoms with Crippen molar-refractivity contribution in [1.82, 2.24) is 9.97 Å². The summed E-state index contributed by atoms with van der Waals surface area (Å²) in [6, 6.07) is 1.44. The maximum atomic E-state index is 11.1. The molecule has 1 aromatic heterocycles. The second-order valence-corrected chi connectivity index (χ2v) is 2.75. The summed E-state index contributed by atoms with van der Waals surface area (Å²) in [5.41, 5.74) is 4.17. The highest BCUT2D eigenvalue weighted by Gasteiger charge is 1.99. The van der Waals surface area contributed by atoms with E-state index >= 15 is 0 Å². The van der Waals surface area contributed by atoms with Crippen LogP contribution < -0.4 is 29.0 Å². The molecule has 0 aliphatic heterocycles. The number of methoxy groups -OCH3 is 1. The first-order valence-corrected chi connectivity index (χ1v) is 4.38. The summed E-state index contributed by atoms with van der Waals surface area (Å²) in [4.78, 5) is 17.8. The van der Waals surface area contributed by atoms with Crippen LogP contribution in [-0.4, -0.2) is 30.2 Å². The van der Waals surface area contributed by atoms with Gasteiger partial charge in [0.25, 0.3) is 5.56 Å². The van der Waals surface area contributed by atoms with Gasteiger partial charge in [-0.15, -0.1) is 0 Å². The van der Waals surface area contributed by atoms with Crippen molar-refractivity contribution in [3.63, 3.8) is 0 Å². The van der Waals surface area contributed by atoms with E-state index in [2.05, 4.69) is 21.0 Å². The van der Waals surface area contributed by atoms with Gasteiger partial charge in [-0.25, -0.2) is 4.98 Å². The largest absolute Gasteiger partial charge is 1.00 e. The summed E-state index contributed by atoms with van der Waals surface area (Å²) in [5.74, 6) is 0.466. The maximum absolute atomic E-state index is 11.1. The summed E-state index contributed by atoms with van der Waals surface area (Å²) in [6.45, 7) is 1.68. The smallest absolute Gasteiger partial charge is 0.252 e. The van der Waals surface area contributed by atoms with Crippen molar-refractivity contribution in [3.05, 3.63) is 22.1 Å². The highest BCUT2D eigenvalue weighted by molar-refractivity contribution is 5.24. The lowest BCUT2D eigenvalue weighted by Gasteiger charge is -2.04. The summed E-state index contributed by atoms with van der Waals surface area (Å²) in [5, 5.41) is 2.94. The van der Waals surface area contributed by atoms with E-state index < -0.39 is 0 Å². The number of quaternary nitrogens is 1. The zero-order valence-corrected chi connectivity index (χ0v) is 9.30. The third kappa shape index (κ3) is 4.78. The number of hydrogen-bond donors (Lipinski definition) is 3. The molecule has 0 fully saturated rings. The molecule has 1 heterocycles. The Hall–Kier alpha value is -1.11. The summed E-state index contributed by atoms with van der Waals surface area (Å²) in [6.07, 6.45) is 0. The van der Waals surface area contributed by atoms with Crippen LogP contribution in [0, 0.1) is 0 Å². The van der Waals surface area contributed by atoms with E-state index in [9.17, 15) is 4.79 Å². The Morgan fingerprint density at radius 3 is 3.00 bits per heavy atom. The van der Waals surface area contributed by atoms with E-state index in [1.54, 1.807) is 7.11 Å². The molecule has 1 rings (SSSR count). The molecule has 0 radical (unpaired) electrons. The molecule has 0 bridgehead atoms. The first-order chi connectivity index (χ1) is 6.76. The van der Waals surface area contributed by atoms with Gasteiger partial charge in [0.15, 0.2) is 0 Å². The number of anilines is 1. The minimum Gasteiger partial charge on any atom is -1.00 e. The van der Waals surface area contributed by atoms with Gasteiger partial charge in [0.05, 0.1) is 6.61 Å². The number of halogens is 1. The molecule has 15 heavy (non-hydrogen) atoms. The van der Waals surface area contributed by atoms with Crippen LogP contribution in [0.25, 0.3) is 0 Å². The Morgan fingerprint density at radius 1 is 1.67 bits per heavy atom. The van der Waals surface area contributed by atoms with Gasteiger partial charge in [-0.05, 0) is 0 Å². The number of hydrogen-bond acceptors (Lipinski definition) is 4. The van der Waals surface area contributed by atoms with E-state index in [1.807, 2.05) is 0 Å². The monoisotopic (exact) mass is 234 g/mol. The third-order valence-electron chi connectivity index (χ3n) is 1.65. The number of aromatic nitrogens is 2. The van der Waals surface area contributed by atoms with Crippen molar-refractivity contribution in [2.24, 2.45) is 0 Å². The second kappa shape index (κ2) is 7.22. The molecule has 0 spiro atoms. The van der Waals surface area contributed by atoms with Crippen molar-refractivity contribution in [3.8, 4) is 0 Å². The van der Waals surface area contributed by atoms with Gasteiger partial charge < -0.3 is 28.2 Å². The van der Waals surface area contributed by atoms with Crippen LogP contribution in [0.5, 0.6) is 0 Å². The molecule has 0 aromatic carbocycles. The maximum Gasteiger partial charge on any atom is 0.252 e. The fourth-order valence-electron chi connectivity index (χ4n) is 0.991. The molecule has 0 aliphatic carbocycles. The SMILES string of the molecule is COCCNc1nc(C[NH3+])cc(=O)[nH]1.[Cl-]. The number of H-pyrrole nitrogens is 1. The predicted molar refractivity (Wildman–Crippen MR) is 51.8 cm³/mol. The van der Waals surface area contributed by atoms with Crippen molar-refractivity contribution in [2.45, 2.75) is 6.54 Å². The molecule has 5 N–H and O–H groups in total. The lowest BCUT2D eigenvalue weighted by Crippen LogP contribution is -3.00. The van der Waals surface area contributed by atoms with Crippen molar-refractivity contribution in [1.29, 1.82) is 0 Å². The van der Waals surface area contributed by atoms with Crippen LogP contribution >= 0.6 is 0 Å². The van der Waals surface area contributed by atoms with E-state index in [0.717, 1.165) is 0 Å². The van der Waals surface area contributed by atoms with Crippen molar-refractivity contribution in [2.75, 3.05) is 25.6 Å². The number of rotatable bonds is 5. The van der Waals surface area contributed by atoms with Gasteiger partial charge >= 0.3 is 0 Å². The molecule has 7 heteroatoms. The predicted octanol–water partition coefficient (Wildman–Crippen LogP) is -4.43. The van der Waals surface area contributed by atoms with Gasteiger partial charge in [0.2, 0.25) is 5.95 Å². The van der Waals surface area contributed by atoms with Crippen molar-refractivity contribution < 1.29 is 22.9 Å². The first kappa shape index (κ1) is 13.9. The van der Waals surface area contributed by atoms with Crippen LogP contribution in [0.4, 0.5) is 5.95 Å². The Balaban J connectivity index is 0.00000196. The van der Waals surface area contributed by atoms with E-state index in [1.165, 1.54) is 6.07 Å². The van der Waals surface area contributed by atoms with Gasteiger partial charge in [-0.1, -0.05) is 0 Å². The highest BCUT2D eigenvalue weighted by Crippen LogP contribution is 1.94. The quantitative estimate of drug-likeness (QED) is 0.448. The summed E-state index contributed by atoms with van der Waals surface area (Å²) < 4.78 is 4.86. The van der Waals surface area contributed by atoms with Crippen molar-refractivity contribution >= 4 is 5.95 Å². The average molecular weight is 235 g/mol. The minimum absolute atomic E-state index is 0. The van der Waals surface area contributed by atoms with Crippen LogP contribution in [0.3, 0.4) is 0 Å². The van der Waals surface area contributed by atoms with Gasteiger partial charge in [0, 0.05) is 19.7 Å². The zero-order chi connectivity index (χ0) is 10.4.